The van der Waals surface area contributed by atoms with Crippen molar-refractivity contribution < 1.29 is 19.4 Å². The summed E-state index contributed by atoms with van der Waals surface area (Å²) >= 11 is 0. The van der Waals surface area contributed by atoms with E-state index in [1.807, 2.05) is 27.2 Å². The van der Waals surface area contributed by atoms with E-state index in [-0.39, 0.29) is 11.3 Å². The highest BCUT2D eigenvalue weighted by molar-refractivity contribution is 6.42. The van der Waals surface area contributed by atoms with Gasteiger partial charge < -0.3 is 9.47 Å². The van der Waals surface area contributed by atoms with Crippen molar-refractivity contribution >= 4 is 17.5 Å². The molecule has 0 aliphatic carbocycles. The number of carbonyl (C=O) groups excluding carboxylic acids is 2. The van der Waals surface area contributed by atoms with Crippen molar-refractivity contribution in [2.24, 2.45) is 5.41 Å². The number of nitrogens with one attached hydrogen (secondary N) is 1. The van der Waals surface area contributed by atoms with Crippen molar-refractivity contribution in [3.63, 3.8) is 0 Å². The molecule has 0 saturated heterocycles. The number of nitrogens with zero attached hydrogens (tertiary/aromatic N) is 3. The number of rotatable bonds is 2. The second kappa shape index (κ2) is 6.15. The third-order valence-corrected chi connectivity index (χ3v) is 4.80. The molecule has 0 bridgehead atoms. The number of hydrogen-bond donors (Lipinski definition) is 2. The van der Waals surface area contributed by atoms with E-state index >= 15 is 0 Å². The molecule has 1 aromatic heterocycles. The van der Waals surface area contributed by atoms with Gasteiger partial charge in [0.2, 0.25) is 0 Å². The minimum atomic E-state index is -0.538. The van der Waals surface area contributed by atoms with Crippen LogP contribution < -0.4 is 5.48 Å². The van der Waals surface area contributed by atoms with Crippen LogP contribution in [-0.4, -0.2) is 50.4 Å². The Morgan fingerprint density at radius 1 is 1.28 bits per heavy atom. The van der Waals surface area contributed by atoms with Crippen molar-refractivity contribution in [1.82, 2.24) is 14.9 Å². The number of hydrogen-bond acceptors (Lipinski definition) is 3. The first kappa shape index (κ1) is 17.4. The quantitative estimate of drug-likeness (QED) is 0.483. The van der Waals surface area contributed by atoms with Gasteiger partial charge in [-0.15, -0.1) is 0 Å². The van der Waals surface area contributed by atoms with E-state index in [2.05, 4.69) is 20.8 Å². The summed E-state index contributed by atoms with van der Waals surface area (Å²) in [5.74, 6) is -0.525. The molecule has 0 fully saturated rings. The molecule has 0 unspecified atom stereocenters. The SMILES string of the molecule is C[N+]1=C(C(=O)N2CCCn3cc(C(=O)NO)cc3C2)C=C1C(C)(C)C. The lowest BCUT2D eigenvalue weighted by Gasteiger charge is -2.26. The number of hydroxylamine groups is 1. The van der Waals surface area contributed by atoms with Crippen LogP contribution in [0.1, 0.15) is 43.2 Å². The summed E-state index contributed by atoms with van der Waals surface area (Å²) in [6.07, 6.45) is 4.51. The van der Waals surface area contributed by atoms with Gasteiger partial charge in [-0.2, -0.15) is 4.58 Å². The zero-order valence-corrected chi connectivity index (χ0v) is 15.2. The normalized spacial score (nSPS) is 17.5. The summed E-state index contributed by atoms with van der Waals surface area (Å²) < 4.78 is 3.94. The summed E-state index contributed by atoms with van der Waals surface area (Å²) in [5, 5.41) is 8.79. The van der Waals surface area contributed by atoms with Gasteiger partial charge in [-0.3, -0.25) is 14.8 Å². The van der Waals surface area contributed by atoms with Gasteiger partial charge in [-0.1, -0.05) is 20.8 Å². The van der Waals surface area contributed by atoms with Crippen molar-refractivity contribution in [3.8, 4) is 0 Å². The molecule has 25 heavy (non-hydrogen) atoms. The van der Waals surface area contributed by atoms with Crippen molar-refractivity contribution in [2.75, 3.05) is 13.6 Å². The molecule has 3 heterocycles. The summed E-state index contributed by atoms with van der Waals surface area (Å²) in [6, 6.07) is 1.72. The number of amides is 2. The molecule has 0 saturated carbocycles. The fourth-order valence-corrected chi connectivity index (χ4v) is 3.44. The third-order valence-electron chi connectivity index (χ3n) is 4.80. The third kappa shape index (κ3) is 3.11. The van der Waals surface area contributed by atoms with E-state index in [1.165, 1.54) is 0 Å². The molecule has 0 aromatic carbocycles. The Balaban J connectivity index is 1.78. The first-order valence-corrected chi connectivity index (χ1v) is 8.48. The molecular formula is C18H25N4O3+. The highest BCUT2D eigenvalue weighted by Gasteiger charge is 2.41. The monoisotopic (exact) mass is 345 g/mol. The zero-order valence-electron chi connectivity index (χ0n) is 15.2. The maximum Gasteiger partial charge on any atom is 0.319 e. The lowest BCUT2D eigenvalue weighted by atomic mass is 9.87. The van der Waals surface area contributed by atoms with E-state index in [9.17, 15) is 9.59 Å². The summed E-state index contributed by atoms with van der Waals surface area (Å²) in [5.41, 5.74) is 4.81. The first-order valence-electron chi connectivity index (χ1n) is 8.48. The maximum absolute atomic E-state index is 12.9. The molecule has 3 rings (SSSR count). The van der Waals surface area contributed by atoms with Gasteiger partial charge in [-0.25, -0.2) is 5.48 Å². The Labute approximate surface area is 147 Å². The molecular weight excluding hydrogens is 320 g/mol. The molecule has 7 heteroatoms. The Morgan fingerprint density at radius 3 is 2.60 bits per heavy atom. The van der Waals surface area contributed by atoms with Crippen LogP contribution in [0.15, 0.2) is 24.0 Å². The predicted octanol–water partition coefficient (Wildman–Crippen LogP) is 1.37. The average Bonchev–Trinajstić information content (AvgIpc) is 2.82. The minimum Gasteiger partial charge on any atom is -0.349 e. The Morgan fingerprint density at radius 2 is 2.00 bits per heavy atom. The van der Waals surface area contributed by atoms with Crippen LogP contribution in [0.25, 0.3) is 0 Å². The van der Waals surface area contributed by atoms with Gasteiger partial charge in [-0.05, 0) is 12.5 Å². The van der Waals surface area contributed by atoms with Gasteiger partial charge >= 0.3 is 5.91 Å². The topological polar surface area (TPSA) is 77.6 Å². The second-order valence-electron chi connectivity index (χ2n) is 7.66. The van der Waals surface area contributed by atoms with E-state index in [0.29, 0.717) is 24.4 Å². The lowest BCUT2D eigenvalue weighted by Crippen LogP contribution is -2.44. The molecule has 2 aliphatic heterocycles. The predicted molar refractivity (Wildman–Crippen MR) is 92.4 cm³/mol. The van der Waals surface area contributed by atoms with Crippen LogP contribution in [-0.2, 0) is 17.9 Å². The number of carbonyl (C=O) groups is 2. The van der Waals surface area contributed by atoms with E-state index < -0.39 is 5.91 Å². The number of aromatic nitrogens is 1. The van der Waals surface area contributed by atoms with Crippen LogP contribution >= 0.6 is 0 Å². The Kier molecular flexibility index (Phi) is 4.28. The summed E-state index contributed by atoms with van der Waals surface area (Å²) in [6.45, 7) is 8.26. The van der Waals surface area contributed by atoms with Gasteiger partial charge in [0, 0.05) is 30.4 Å². The van der Waals surface area contributed by atoms with Gasteiger partial charge in [0.25, 0.3) is 11.6 Å². The minimum absolute atomic E-state index is 0.0123. The molecule has 2 aliphatic rings. The number of fused-ring (bicyclic) bond motifs is 1. The molecule has 7 nitrogen and oxygen atoms in total. The van der Waals surface area contributed by atoms with Gasteiger partial charge in [0.15, 0.2) is 5.70 Å². The lowest BCUT2D eigenvalue weighted by molar-refractivity contribution is -0.467. The van der Waals surface area contributed by atoms with Crippen molar-refractivity contribution in [1.29, 1.82) is 0 Å². The number of aryl methyl sites for hydroxylation is 1. The van der Waals surface area contributed by atoms with Crippen LogP contribution in [0.5, 0.6) is 0 Å². The average molecular weight is 345 g/mol. The van der Waals surface area contributed by atoms with E-state index in [0.717, 1.165) is 24.4 Å². The standard InChI is InChI=1S/C18H24N4O3/c1-18(2,3)15-9-14(20(15)4)17(24)22-7-5-6-21-10-12(16(23)19-25)8-13(21)11-22/h8-10H,5-7,11H2,1-4H3,(H-,19,23,25)/p+1. The van der Waals surface area contributed by atoms with Crippen LogP contribution in [0.2, 0.25) is 0 Å². The van der Waals surface area contributed by atoms with Crippen LogP contribution in [0.3, 0.4) is 0 Å². The number of allylic oxidation sites excluding steroid dienone is 1. The molecule has 2 N–H and O–H groups in total. The first-order chi connectivity index (χ1) is 11.7. The largest absolute Gasteiger partial charge is 0.349 e. The van der Waals surface area contributed by atoms with Gasteiger partial charge in [0.05, 0.1) is 18.2 Å². The van der Waals surface area contributed by atoms with Gasteiger partial charge in [0.1, 0.15) is 7.05 Å². The summed E-state index contributed by atoms with van der Waals surface area (Å²) in [4.78, 5) is 26.3. The fourth-order valence-electron chi connectivity index (χ4n) is 3.44. The maximum atomic E-state index is 12.9. The van der Waals surface area contributed by atoms with E-state index in [4.69, 9.17) is 5.21 Å². The fraction of sp³-hybridized carbons (Fsp3) is 0.500. The zero-order chi connectivity index (χ0) is 18.4. The molecule has 134 valence electrons. The molecule has 0 radical (unpaired) electrons. The molecule has 0 spiro atoms. The van der Waals surface area contributed by atoms with E-state index in [1.54, 1.807) is 17.7 Å². The second-order valence-corrected chi connectivity index (χ2v) is 7.66. The molecule has 1 aromatic rings. The van der Waals surface area contributed by atoms with Crippen LogP contribution in [0, 0.1) is 5.41 Å². The van der Waals surface area contributed by atoms with Crippen molar-refractivity contribution in [2.45, 2.75) is 40.3 Å². The Bertz CT molecular complexity index is 796. The molecule has 2 amide bonds. The van der Waals surface area contributed by atoms with Crippen LogP contribution in [0.4, 0.5) is 0 Å². The van der Waals surface area contributed by atoms with Crippen molar-refractivity contribution in [3.05, 3.63) is 35.3 Å². The summed E-state index contributed by atoms with van der Waals surface area (Å²) in [7, 11) is 1.93. The highest BCUT2D eigenvalue weighted by Crippen LogP contribution is 2.30. The smallest absolute Gasteiger partial charge is 0.319 e. The highest BCUT2D eigenvalue weighted by atomic mass is 16.5. The Hall–Kier alpha value is -2.41. The molecule has 0 atom stereocenters.